The van der Waals surface area contributed by atoms with E-state index in [4.69, 9.17) is 10.5 Å². The summed E-state index contributed by atoms with van der Waals surface area (Å²) in [5.74, 6) is 0. The predicted octanol–water partition coefficient (Wildman–Crippen LogP) is 2.60. The van der Waals surface area contributed by atoms with Crippen LogP contribution >= 0.6 is 27.3 Å². The van der Waals surface area contributed by atoms with Crippen LogP contribution in [0, 0.1) is 0 Å². The highest BCUT2D eigenvalue weighted by Crippen LogP contribution is 2.14. The lowest BCUT2D eigenvalue weighted by molar-refractivity contribution is 0.106. The molecule has 84 valence electrons. The third-order valence-electron chi connectivity index (χ3n) is 1.89. The van der Waals surface area contributed by atoms with Crippen LogP contribution in [0.15, 0.2) is 28.7 Å². The van der Waals surface area contributed by atoms with Crippen molar-refractivity contribution in [2.24, 2.45) is 0 Å². The lowest BCUT2D eigenvalue weighted by Crippen LogP contribution is -1.93. The van der Waals surface area contributed by atoms with Gasteiger partial charge in [0.25, 0.3) is 0 Å². The van der Waals surface area contributed by atoms with Gasteiger partial charge in [0.1, 0.15) is 11.6 Å². The van der Waals surface area contributed by atoms with Gasteiger partial charge in [-0.3, -0.25) is 0 Å². The smallest absolute Gasteiger partial charge is 0.203 e. The van der Waals surface area contributed by atoms with Gasteiger partial charge in [0, 0.05) is 4.47 Å². The van der Waals surface area contributed by atoms with E-state index in [1.54, 1.807) is 0 Å². The standard InChI is InChI=1S/C10H10BrN3OS/c11-8-3-1-7(2-4-8)5-15-6-9-13-14-10(12)16-9/h1-4H,5-6H2,(H2,12,14). The van der Waals surface area contributed by atoms with Gasteiger partial charge in [-0.25, -0.2) is 0 Å². The van der Waals surface area contributed by atoms with Gasteiger partial charge in [0.15, 0.2) is 0 Å². The molecule has 0 saturated carbocycles. The molecule has 4 nitrogen and oxygen atoms in total. The Hall–Kier alpha value is -0.980. The van der Waals surface area contributed by atoms with Crippen LogP contribution in [0.25, 0.3) is 0 Å². The van der Waals surface area contributed by atoms with Gasteiger partial charge in [-0.05, 0) is 17.7 Å². The first-order valence-corrected chi connectivity index (χ1v) is 6.25. The molecule has 2 aromatic rings. The van der Waals surface area contributed by atoms with Crippen molar-refractivity contribution in [2.45, 2.75) is 13.2 Å². The van der Waals surface area contributed by atoms with Crippen LogP contribution in [-0.2, 0) is 18.0 Å². The number of hydrogen-bond donors (Lipinski definition) is 1. The molecule has 0 aliphatic rings. The summed E-state index contributed by atoms with van der Waals surface area (Å²) in [7, 11) is 0. The number of aromatic nitrogens is 2. The van der Waals surface area contributed by atoms with E-state index in [1.165, 1.54) is 11.3 Å². The third-order valence-corrected chi connectivity index (χ3v) is 3.14. The minimum absolute atomic E-state index is 0.449. The van der Waals surface area contributed by atoms with Crippen molar-refractivity contribution in [1.29, 1.82) is 0 Å². The second-order valence-corrected chi connectivity index (χ2v) is 5.16. The van der Waals surface area contributed by atoms with Crippen LogP contribution in [-0.4, -0.2) is 10.2 Å². The lowest BCUT2D eigenvalue weighted by atomic mass is 10.2. The Morgan fingerprint density at radius 1 is 1.19 bits per heavy atom. The zero-order chi connectivity index (χ0) is 11.4. The van der Waals surface area contributed by atoms with Gasteiger partial charge in [-0.1, -0.05) is 39.4 Å². The van der Waals surface area contributed by atoms with Crippen LogP contribution < -0.4 is 5.73 Å². The molecule has 0 spiro atoms. The third kappa shape index (κ3) is 3.26. The second kappa shape index (κ2) is 5.38. The Kier molecular flexibility index (Phi) is 3.87. The summed E-state index contributed by atoms with van der Waals surface area (Å²) in [6.45, 7) is 1.01. The number of anilines is 1. The first-order valence-electron chi connectivity index (χ1n) is 4.64. The van der Waals surface area contributed by atoms with E-state index >= 15 is 0 Å². The van der Waals surface area contributed by atoms with Gasteiger partial charge in [-0.15, -0.1) is 10.2 Å². The molecule has 1 heterocycles. The highest BCUT2D eigenvalue weighted by molar-refractivity contribution is 9.10. The van der Waals surface area contributed by atoms with Crippen LogP contribution in [0.5, 0.6) is 0 Å². The maximum atomic E-state index is 5.50. The number of nitrogen functional groups attached to an aromatic ring is 1. The van der Waals surface area contributed by atoms with Crippen molar-refractivity contribution in [2.75, 3.05) is 5.73 Å². The zero-order valence-electron chi connectivity index (χ0n) is 8.39. The summed E-state index contributed by atoms with van der Waals surface area (Å²) in [5.41, 5.74) is 6.59. The van der Waals surface area contributed by atoms with Crippen molar-refractivity contribution in [3.8, 4) is 0 Å². The molecule has 2 N–H and O–H groups in total. The van der Waals surface area contributed by atoms with Crippen molar-refractivity contribution in [3.63, 3.8) is 0 Å². The normalized spacial score (nSPS) is 10.6. The molecule has 1 aromatic heterocycles. The minimum Gasteiger partial charge on any atom is -0.374 e. The van der Waals surface area contributed by atoms with Gasteiger partial charge >= 0.3 is 0 Å². The monoisotopic (exact) mass is 299 g/mol. The van der Waals surface area contributed by atoms with Crippen LogP contribution in [0.4, 0.5) is 5.13 Å². The molecule has 1 aromatic carbocycles. The second-order valence-electron chi connectivity index (χ2n) is 3.15. The topological polar surface area (TPSA) is 61.0 Å². The van der Waals surface area contributed by atoms with Crippen LogP contribution in [0.3, 0.4) is 0 Å². The summed E-state index contributed by atoms with van der Waals surface area (Å²) in [4.78, 5) is 0. The molecule has 0 aliphatic carbocycles. The summed E-state index contributed by atoms with van der Waals surface area (Å²) < 4.78 is 6.56. The first-order chi connectivity index (χ1) is 7.74. The van der Waals surface area contributed by atoms with Gasteiger partial charge in [0.05, 0.1) is 6.61 Å². The quantitative estimate of drug-likeness (QED) is 0.943. The van der Waals surface area contributed by atoms with Crippen LogP contribution in [0.1, 0.15) is 10.6 Å². The van der Waals surface area contributed by atoms with Crippen molar-refractivity contribution >= 4 is 32.4 Å². The Labute approximate surface area is 106 Å². The zero-order valence-corrected chi connectivity index (χ0v) is 10.8. The van der Waals surface area contributed by atoms with Crippen molar-refractivity contribution in [1.82, 2.24) is 10.2 Å². The number of rotatable bonds is 4. The largest absolute Gasteiger partial charge is 0.374 e. The average Bonchev–Trinajstić information content (AvgIpc) is 2.67. The maximum Gasteiger partial charge on any atom is 0.203 e. The molecule has 0 radical (unpaired) electrons. The Morgan fingerprint density at radius 2 is 1.94 bits per heavy atom. The van der Waals surface area contributed by atoms with Gasteiger partial charge in [-0.2, -0.15) is 0 Å². The maximum absolute atomic E-state index is 5.50. The molecule has 0 bridgehead atoms. The van der Waals surface area contributed by atoms with Gasteiger partial charge < -0.3 is 10.5 Å². The van der Waals surface area contributed by atoms with E-state index in [0.29, 0.717) is 18.3 Å². The SMILES string of the molecule is Nc1nnc(COCc2ccc(Br)cc2)s1. The molecule has 0 aliphatic heterocycles. The van der Waals surface area contributed by atoms with Crippen LogP contribution in [0.2, 0.25) is 0 Å². The molecular formula is C10H10BrN3OS. The first kappa shape index (κ1) is 11.5. The van der Waals surface area contributed by atoms with E-state index in [0.717, 1.165) is 15.0 Å². The molecule has 0 unspecified atom stereocenters. The highest BCUT2D eigenvalue weighted by Gasteiger charge is 2.01. The fourth-order valence-corrected chi connectivity index (χ4v) is 1.97. The number of benzene rings is 1. The number of hydrogen-bond acceptors (Lipinski definition) is 5. The van der Waals surface area contributed by atoms with E-state index in [9.17, 15) is 0 Å². The van der Waals surface area contributed by atoms with Crippen molar-refractivity contribution < 1.29 is 4.74 Å². The summed E-state index contributed by atoms with van der Waals surface area (Å²) in [6.07, 6.45) is 0. The van der Waals surface area contributed by atoms with E-state index in [1.807, 2.05) is 24.3 Å². The van der Waals surface area contributed by atoms with Crippen molar-refractivity contribution in [3.05, 3.63) is 39.3 Å². The molecule has 16 heavy (non-hydrogen) atoms. The molecule has 0 amide bonds. The number of halogens is 1. The molecule has 2 rings (SSSR count). The molecule has 6 heteroatoms. The fourth-order valence-electron chi connectivity index (χ4n) is 1.16. The fraction of sp³-hybridized carbons (Fsp3) is 0.200. The average molecular weight is 300 g/mol. The summed E-state index contributed by atoms with van der Waals surface area (Å²) in [6, 6.07) is 8.00. The Bertz CT molecular complexity index is 457. The van der Waals surface area contributed by atoms with E-state index in [-0.39, 0.29) is 0 Å². The highest BCUT2D eigenvalue weighted by atomic mass is 79.9. The van der Waals surface area contributed by atoms with E-state index in [2.05, 4.69) is 26.1 Å². The summed E-state index contributed by atoms with van der Waals surface area (Å²) in [5, 5.41) is 8.86. The number of nitrogens with zero attached hydrogens (tertiary/aromatic N) is 2. The lowest BCUT2D eigenvalue weighted by Gasteiger charge is -2.01. The molecular weight excluding hydrogens is 290 g/mol. The predicted molar refractivity (Wildman–Crippen MR) is 67.0 cm³/mol. The van der Waals surface area contributed by atoms with E-state index < -0.39 is 0 Å². The van der Waals surface area contributed by atoms with Gasteiger partial charge in [0.2, 0.25) is 5.13 Å². The number of ether oxygens (including phenoxy) is 1. The molecule has 0 fully saturated rings. The Morgan fingerprint density at radius 3 is 2.56 bits per heavy atom. The molecule has 0 saturated heterocycles. The number of nitrogens with two attached hydrogens (primary N) is 1. The minimum atomic E-state index is 0.449. The Balaban J connectivity index is 1.82. The summed E-state index contributed by atoms with van der Waals surface area (Å²) >= 11 is 4.73. The molecule has 0 atom stereocenters.